The third-order valence-corrected chi connectivity index (χ3v) is 5.00. The standard InChI is InChI=1S/C23H22F4N4O2/c1-13(15-6-8-16(9-7-15)23(25,26)27)29-21-20(18(28)12-24)22(32)31-19(30-21)11-14-4-3-5-17(10-14)33-2/h3-10,13,28H,11-12H2,1-2H3,(H2,29,30,31,32). The molecule has 0 aliphatic carbocycles. The number of methoxy groups -OCH3 is 1. The van der Waals surface area contributed by atoms with Crippen LogP contribution in [0, 0.1) is 5.41 Å². The predicted octanol–water partition coefficient (Wildman–Crippen LogP) is 4.90. The molecule has 3 N–H and O–H groups in total. The molecule has 174 valence electrons. The van der Waals surface area contributed by atoms with E-state index in [1.807, 2.05) is 6.07 Å². The first-order valence-corrected chi connectivity index (χ1v) is 9.96. The summed E-state index contributed by atoms with van der Waals surface area (Å²) in [4.78, 5) is 19.6. The van der Waals surface area contributed by atoms with Crippen LogP contribution >= 0.6 is 0 Å². The summed E-state index contributed by atoms with van der Waals surface area (Å²) in [5.41, 5.74) is -0.991. The molecule has 0 amide bonds. The Labute approximate surface area is 187 Å². The van der Waals surface area contributed by atoms with E-state index < -0.39 is 35.7 Å². The van der Waals surface area contributed by atoms with E-state index in [0.29, 0.717) is 11.3 Å². The molecule has 3 rings (SSSR count). The molecule has 1 aromatic heterocycles. The minimum atomic E-state index is -4.46. The molecule has 3 aromatic rings. The second-order valence-corrected chi connectivity index (χ2v) is 7.36. The first-order chi connectivity index (χ1) is 15.6. The number of anilines is 1. The van der Waals surface area contributed by atoms with E-state index in [9.17, 15) is 22.4 Å². The number of rotatable bonds is 8. The van der Waals surface area contributed by atoms with Crippen molar-refractivity contribution in [2.75, 3.05) is 19.1 Å². The molecule has 0 saturated heterocycles. The Morgan fingerprint density at radius 2 is 1.91 bits per heavy atom. The zero-order chi connectivity index (χ0) is 24.2. The van der Waals surface area contributed by atoms with Crippen LogP contribution in [0.5, 0.6) is 5.75 Å². The highest BCUT2D eigenvalue weighted by Gasteiger charge is 2.30. The lowest BCUT2D eigenvalue weighted by molar-refractivity contribution is -0.137. The van der Waals surface area contributed by atoms with Crippen LogP contribution in [0.2, 0.25) is 0 Å². The maximum atomic E-state index is 13.2. The zero-order valence-electron chi connectivity index (χ0n) is 17.9. The number of alkyl halides is 4. The zero-order valence-corrected chi connectivity index (χ0v) is 17.9. The third-order valence-electron chi connectivity index (χ3n) is 5.00. The molecule has 0 bridgehead atoms. The predicted molar refractivity (Wildman–Crippen MR) is 117 cm³/mol. The van der Waals surface area contributed by atoms with E-state index in [2.05, 4.69) is 15.3 Å². The quantitative estimate of drug-likeness (QED) is 0.328. The molecular formula is C23H22F4N4O2. The van der Waals surface area contributed by atoms with Crippen molar-refractivity contribution in [3.05, 3.63) is 87.0 Å². The number of benzene rings is 2. The maximum Gasteiger partial charge on any atom is 0.416 e. The van der Waals surface area contributed by atoms with E-state index >= 15 is 0 Å². The molecule has 0 radical (unpaired) electrons. The van der Waals surface area contributed by atoms with Gasteiger partial charge in [-0.05, 0) is 42.3 Å². The molecule has 2 aromatic carbocycles. The van der Waals surface area contributed by atoms with Crippen molar-refractivity contribution in [2.45, 2.75) is 25.6 Å². The molecule has 0 saturated carbocycles. The van der Waals surface area contributed by atoms with Gasteiger partial charge in [-0.3, -0.25) is 4.79 Å². The lowest BCUT2D eigenvalue weighted by atomic mass is 10.1. The van der Waals surface area contributed by atoms with Crippen molar-refractivity contribution in [1.82, 2.24) is 9.97 Å². The van der Waals surface area contributed by atoms with Gasteiger partial charge in [0.1, 0.15) is 29.6 Å². The summed E-state index contributed by atoms with van der Waals surface area (Å²) in [6.07, 6.45) is -4.22. The van der Waals surface area contributed by atoms with Crippen LogP contribution < -0.4 is 15.6 Å². The van der Waals surface area contributed by atoms with Gasteiger partial charge in [0, 0.05) is 12.5 Å². The summed E-state index contributed by atoms with van der Waals surface area (Å²) in [5.74, 6) is 0.873. The van der Waals surface area contributed by atoms with Crippen LogP contribution in [-0.2, 0) is 12.6 Å². The molecule has 1 heterocycles. The average molecular weight is 462 g/mol. The largest absolute Gasteiger partial charge is 0.497 e. The second-order valence-electron chi connectivity index (χ2n) is 7.36. The van der Waals surface area contributed by atoms with Crippen molar-refractivity contribution in [3.63, 3.8) is 0 Å². The van der Waals surface area contributed by atoms with E-state index in [4.69, 9.17) is 10.1 Å². The van der Waals surface area contributed by atoms with Gasteiger partial charge in [0.05, 0.1) is 18.4 Å². The lowest BCUT2D eigenvalue weighted by Crippen LogP contribution is -2.26. The van der Waals surface area contributed by atoms with E-state index in [-0.39, 0.29) is 23.6 Å². The normalized spacial score (nSPS) is 12.3. The molecule has 0 aliphatic rings. The van der Waals surface area contributed by atoms with Gasteiger partial charge in [0.25, 0.3) is 5.56 Å². The smallest absolute Gasteiger partial charge is 0.416 e. The molecule has 6 nitrogen and oxygen atoms in total. The molecule has 0 spiro atoms. The number of nitrogens with zero attached hydrogens (tertiary/aromatic N) is 1. The van der Waals surface area contributed by atoms with E-state index in [0.717, 1.165) is 17.7 Å². The Morgan fingerprint density at radius 1 is 1.21 bits per heavy atom. The Kier molecular flexibility index (Phi) is 7.15. The number of aromatic nitrogens is 2. The van der Waals surface area contributed by atoms with Crippen LogP contribution in [0.3, 0.4) is 0 Å². The first kappa shape index (κ1) is 24.0. The summed E-state index contributed by atoms with van der Waals surface area (Å²) in [7, 11) is 1.53. The number of ether oxygens (including phenoxy) is 1. The van der Waals surface area contributed by atoms with Crippen LogP contribution in [0.4, 0.5) is 23.4 Å². The minimum Gasteiger partial charge on any atom is -0.497 e. The van der Waals surface area contributed by atoms with Gasteiger partial charge in [-0.15, -0.1) is 0 Å². The highest BCUT2D eigenvalue weighted by atomic mass is 19.4. The van der Waals surface area contributed by atoms with Gasteiger partial charge in [-0.1, -0.05) is 24.3 Å². The fourth-order valence-corrected chi connectivity index (χ4v) is 3.28. The number of nitrogens with one attached hydrogen (secondary N) is 3. The first-order valence-electron chi connectivity index (χ1n) is 9.96. The number of H-pyrrole nitrogens is 1. The van der Waals surface area contributed by atoms with Crippen LogP contribution in [0.1, 0.15) is 41.0 Å². The van der Waals surface area contributed by atoms with E-state index in [1.54, 1.807) is 25.1 Å². The summed E-state index contributed by atoms with van der Waals surface area (Å²) >= 11 is 0. The molecular weight excluding hydrogens is 440 g/mol. The summed E-state index contributed by atoms with van der Waals surface area (Å²) in [5, 5.41) is 10.8. The number of hydrogen-bond donors (Lipinski definition) is 3. The van der Waals surface area contributed by atoms with Gasteiger partial charge >= 0.3 is 6.18 Å². The molecule has 0 aliphatic heterocycles. The highest BCUT2D eigenvalue weighted by Crippen LogP contribution is 2.30. The fourth-order valence-electron chi connectivity index (χ4n) is 3.28. The van der Waals surface area contributed by atoms with Crippen molar-refractivity contribution < 1.29 is 22.3 Å². The van der Waals surface area contributed by atoms with E-state index in [1.165, 1.54) is 19.2 Å². The Morgan fingerprint density at radius 3 is 2.52 bits per heavy atom. The summed E-state index contributed by atoms with van der Waals surface area (Å²) in [6.45, 7) is 0.485. The molecule has 10 heteroatoms. The Hall–Kier alpha value is -3.69. The van der Waals surface area contributed by atoms with Gasteiger partial charge in [-0.2, -0.15) is 13.2 Å². The Balaban J connectivity index is 1.94. The highest BCUT2D eigenvalue weighted by molar-refractivity contribution is 6.02. The average Bonchev–Trinajstić information content (AvgIpc) is 2.78. The summed E-state index contributed by atoms with van der Waals surface area (Å²) < 4.78 is 56.9. The Bertz CT molecular complexity index is 1190. The van der Waals surface area contributed by atoms with Crippen LogP contribution in [-0.4, -0.2) is 29.5 Å². The SMILES string of the molecule is COc1cccc(Cc2nc(NC(C)c3ccc(C(F)(F)F)cc3)c(C(=N)CF)c(=O)[nH]2)c1. The maximum absolute atomic E-state index is 13.2. The number of hydrogen-bond acceptors (Lipinski definition) is 5. The molecule has 33 heavy (non-hydrogen) atoms. The monoisotopic (exact) mass is 462 g/mol. The van der Waals surface area contributed by atoms with Crippen molar-refractivity contribution in [1.29, 1.82) is 5.41 Å². The minimum absolute atomic E-state index is 0.0216. The third kappa shape index (κ3) is 5.76. The number of aromatic amines is 1. The molecule has 0 fully saturated rings. The topological polar surface area (TPSA) is 90.9 Å². The van der Waals surface area contributed by atoms with Gasteiger partial charge < -0.3 is 20.4 Å². The molecule has 1 atom stereocenters. The second kappa shape index (κ2) is 9.85. The van der Waals surface area contributed by atoms with Crippen LogP contribution in [0.15, 0.2) is 53.3 Å². The fraction of sp³-hybridized carbons (Fsp3) is 0.261. The van der Waals surface area contributed by atoms with Gasteiger partial charge in [-0.25, -0.2) is 9.37 Å². The van der Waals surface area contributed by atoms with Crippen molar-refractivity contribution in [2.24, 2.45) is 0 Å². The number of halogens is 4. The lowest BCUT2D eigenvalue weighted by Gasteiger charge is -2.18. The van der Waals surface area contributed by atoms with Gasteiger partial charge in [0.15, 0.2) is 0 Å². The van der Waals surface area contributed by atoms with Crippen molar-refractivity contribution in [3.8, 4) is 5.75 Å². The summed E-state index contributed by atoms with van der Waals surface area (Å²) in [6, 6.07) is 11.1. The van der Waals surface area contributed by atoms with Crippen LogP contribution in [0.25, 0.3) is 0 Å². The van der Waals surface area contributed by atoms with Gasteiger partial charge in [0.2, 0.25) is 0 Å². The molecule has 1 unspecified atom stereocenters. The van der Waals surface area contributed by atoms with Crippen molar-refractivity contribution >= 4 is 11.5 Å².